The molecule has 0 spiro atoms. The molecule has 1 unspecified atom stereocenters. The quantitative estimate of drug-likeness (QED) is 0.0782. The van der Waals surface area contributed by atoms with E-state index in [1.165, 1.54) is 77.6 Å². The summed E-state index contributed by atoms with van der Waals surface area (Å²) in [5.74, 6) is -0.348. The Kier molecular flexibility index (Phi) is 18.5. The molecule has 7 nitrogen and oxygen atoms in total. The van der Waals surface area contributed by atoms with Crippen LogP contribution in [-0.4, -0.2) is 64.7 Å². The third kappa shape index (κ3) is 14.2. The molecule has 0 radical (unpaired) electrons. The molecule has 0 aliphatic carbocycles. The topological polar surface area (TPSA) is 102 Å². The van der Waals surface area contributed by atoms with Crippen LogP contribution >= 0.6 is 0 Å². The Morgan fingerprint density at radius 3 is 1.64 bits per heavy atom. The van der Waals surface area contributed by atoms with Gasteiger partial charge in [0.25, 0.3) is 0 Å². The van der Waals surface area contributed by atoms with E-state index < -0.39 is 6.10 Å². The third-order valence-electron chi connectivity index (χ3n) is 10.3. The Morgan fingerprint density at radius 2 is 1.16 bits per heavy atom. The highest BCUT2D eigenvalue weighted by Gasteiger charge is 2.40. The van der Waals surface area contributed by atoms with Crippen molar-refractivity contribution in [1.29, 1.82) is 0 Å². The Hall–Kier alpha value is -1.02. The summed E-state index contributed by atoms with van der Waals surface area (Å²) in [6, 6.07) is 0. The van der Waals surface area contributed by atoms with E-state index in [9.17, 15) is 19.8 Å². The fourth-order valence-corrected chi connectivity index (χ4v) is 7.55. The molecular weight excluding hydrogens is 556 g/mol. The van der Waals surface area contributed by atoms with Gasteiger partial charge >= 0.3 is 5.97 Å². The van der Waals surface area contributed by atoms with Crippen molar-refractivity contribution >= 4 is 11.8 Å². The molecule has 44 heavy (non-hydrogen) atoms. The van der Waals surface area contributed by atoms with E-state index in [1.807, 2.05) is 0 Å². The molecule has 0 amide bonds. The second kappa shape index (κ2) is 21.7. The van der Waals surface area contributed by atoms with Crippen LogP contribution in [0.5, 0.6) is 0 Å². The van der Waals surface area contributed by atoms with Gasteiger partial charge in [-0.15, -0.1) is 0 Å². The van der Waals surface area contributed by atoms with Crippen LogP contribution in [0.2, 0.25) is 0 Å². The summed E-state index contributed by atoms with van der Waals surface area (Å²) in [6.07, 6.45) is 26.0. The van der Waals surface area contributed by atoms with E-state index in [-0.39, 0.29) is 54.3 Å². The van der Waals surface area contributed by atoms with Crippen molar-refractivity contribution in [2.75, 3.05) is 0 Å². The summed E-state index contributed by atoms with van der Waals surface area (Å²) in [5.41, 5.74) is 0. The number of carbonyl (C=O) groups is 2. The van der Waals surface area contributed by atoms with Crippen LogP contribution in [0.4, 0.5) is 0 Å². The maximum absolute atomic E-state index is 11.9. The number of esters is 1. The molecule has 3 aliphatic rings. The van der Waals surface area contributed by atoms with Gasteiger partial charge in [0.2, 0.25) is 0 Å². The van der Waals surface area contributed by atoms with Crippen LogP contribution in [0.3, 0.4) is 0 Å². The zero-order chi connectivity index (χ0) is 31.6. The van der Waals surface area contributed by atoms with Gasteiger partial charge in [-0.3, -0.25) is 4.79 Å². The highest BCUT2D eigenvalue weighted by atomic mass is 16.6. The van der Waals surface area contributed by atoms with Crippen molar-refractivity contribution in [2.24, 2.45) is 5.92 Å². The zero-order valence-electron chi connectivity index (χ0n) is 28.2. The summed E-state index contributed by atoms with van der Waals surface area (Å²) in [6.45, 7) is 3.79. The minimum Gasteiger partial charge on any atom is -0.462 e. The molecule has 2 N–H and O–H groups in total. The average Bonchev–Trinajstić information content (AvgIpc) is 3.75. The summed E-state index contributed by atoms with van der Waals surface area (Å²) < 4.78 is 18.0. The average molecular weight is 623 g/mol. The number of hydrogen-bond donors (Lipinski definition) is 2. The minimum atomic E-state index is -0.399. The van der Waals surface area contributed by atoms with Crippen molar-refractivity contribution < 1.29 is 34.0 Å². The monoisotopic (exact) mass is 622 g/mol. The van der Waals surface area contributed by atoms with Gasteiger partial charge in [0.05, 0.1) is 42.5 Å². The van der Waals surface area contributed by atoms with E-state index in [4.69, 9.17) is 14.2 Å². The van der Waals surface area contributed by atoms with Crippen LogP contribution in [0.1, 0.15) is 174 Å². The number of aliphatic hydroxyl groups excluding tert-OH is 2. The number of aliphatic hydroxyl groups is 2. The fourth-order valence-electron chi connectivity index (χ4n) is 7.55. The van der Waals surface area contributed by atoms with E-state index in [2.05, 4.69) is 6.92 Å². The second-order valence-electron chi connectivity index (χ2n) is 14.3. The smallest absolute Gasteiger partial charge is 0.309 e. The Labute approximate surface area is 268 Å². The van der Waals surface area contributed by atoms with Gasteiger partial charge in [-0.1, -0.05) is 103 Å². The zero-order valence-corrected chi connectivity index (χ0v) is 28.2. The number of carbonyl (C=O) groups excluding carboxylic acids is 2. The number of Topliss-reactive ketones (excluding diaryl/α,β-unsaturated/α-hetero) is 1. The molecule has 0 bridgehead atoms. The first-order chi connectivity index (χ1) is 21.4. The molecule has 3 saturated heterocycles. The maximum Gasteiger partial charge on any atom is 0.309 e. The SMILES string of the molecule is CCCCCCCCCC[C@@H](O)[C@@H]1CC[C@H]([C@H]2CC[C@@H]([C@H](O)CCCCCCCCCC[C@H]3CC(CC(C)=O)C(=O)O3)O2)O1. The molecule has 3 heterocycles. The van der Waals surface area contributed by atoms with Crippen molar-refractivity contribution in [3.8, 4) is 0 Å². The summed E-state index contributed by atoms with van der Waals surface area (Å²) in [5, 5.41) is 21.4. The van der Waals surface area contributed by atoms with Crippen molar-refractivity contribution in [2.45, 2.75) is 217 Å². The van der Waals surface area contributed by atoms with Gasteiger partial charge in [0.1, 0.15) is 11.9 Å². The van der Waals surface area contributed by atoms with Gasteiger partial charge in [0, 0.05) is 6.42 Å². The lowest BCUT2D eigenvalue weighted by atomic mass is 9.96. The lowest BCUT2D eigenvalue weighted by Gasteiger charge is -2.24. The fraction of sp³-hybridized carbons (Fsp3) is 0.946. The van der Waals surface area contributed by atoms with Crippen molar-refractivity contribution in [3.05, 3.63) is 0 Å². The van der Waals surface area contributed by atoms with E-state index in [0.29, 0.717) is 12.8 Å². The second-order valence-corrected chi connectivity index (χ2v) is 14.3. The van der Waals surface area contributed by atoms with Crippen molar-refractivity contribution in [3.63, 3.8) is 0 Å². The highest BCUT2D eigenvalue weighted by Crippen LogP contribution is 2.35. The molecule has 256 valence electrons. The number of ether oxygens (including phenoxy) is 3. The highest BCUT2D eigenvalue weighted by molar-refractivity contribution is 5.83. The normalized spacial score (nSPS) is 28.4. The Balaban J connectivity index is 1.13. The first-order valence-electron chi connectivity index (χ1n) is 18.7. The third-order valence-corrected chi connectivity index (χ3v) is 10.3. The van der Waals surface area contributed by atoms with E-state index in [0.717, 1.165) is 77.0 Å². The predicted molar refractivity (Wildman–Crippen MR) is 174 cm³/mol. The van der Waals surface area contributed by atoms with Crippen LogP contribution < -0.4 is 0 Å². The first-order valence-corrected chi connectivity index (χ1v) is 18.7. The van der Waals surface area contributed by atoms with Crippen LogP contribution in [-0.2, 0) is 23.8 Å². The lowest BCUT2D eigenvalue weighted by molar-refractivity contribution is -0.145. The van der Waals surface area contributed by atoms with Crippen molar-refractivity contribution in [1.82, 2.24) is 0 Å². The van der Waals surface area contributed by atoms with Gasteiger partial charge in [-0.2, -0.15) is 0 Å². The predicted octanol–water partition coefficient (Wildman–Crippen LogP) is 8.15. The summed E-state index contributed by atoms with van der Waals surface area (Å²) in [4.78, 5) is 23.1. The molecule has 0 saturated carbocycles. The standard InChI is InChI=1S/C37H66O7/c1-3-4-5-6-7-11-14-17-20-31(39)33-22-24-35(43-33)36-25-23-34(44-36)32(40)21-18-15-12-9-8-10-13-16-19-30-27-29(26-28(2)38)37(41)42-30/h29-36,39-40H,3-27H2,1-2H3/t29?,30-,31+,32+,33-,34-,35+,36+/m0/s1. The Morgan fingerprint density at radius 1 is 0.705 bits per heavy atom. The molecule has 0 aromatic carbocycles. The Bertz CT molecular complexity index is 788. The number of unbranched alkanes of at least 4 members (excludes halogenated alkanes) is 14. The van der Waals surface area contributed by atoms with Crippen LogP contribution in [0.15, 0.2) is 0 Å². The van der Waals surface area contributed by atoms with Gasteiger partial charge in [-0.05, 0) is 64.7 Å². The number of cyclic esters (lactones) is 1. The van der Waals surface area contributed by atoms with Gasteiger partial charge in [-0.25, -0.2) is 0 Å². The molecule has 3 rings (SSSR count). The van der Waals surface area contributed by atoms with Crippen LogP contribution in [0, 0.1) is 5.92 Å². The molecule has 0 aromatic rings. The van der Waals surface area contributed by atoms with Gasteiger partial charge < -0.3 is 29.2 Å². The lowest BCUT2D eigenvalue weighted by Crippen LogP contribution is -2.33. The molecule has 8 atom stereocenters. The van der Waals surface area contributed by atoms with Gasteiger partial charge in [0.15, 0.2) is 0 Å². The number of hydrogen-bond acceptors (Lipinski definition) is 7. The minimum absolute atomic E-state index is 0.00211. The van der Waals surface area contributed by atoms with E-state index >= 15 is 0 Å². The maximum atomic E-state index is 11.9. The molecule has 3 aliphatic heterocycles. The van der Waals surface area contributed by atoms with Crippen LogP contribution in [0.25, 0.3) is 0 Å². The summed E-state index contributed by atoms with van der Waals surface area (Å²) >= 11 is 0. The number of rotatable bonds is 25. The molecule has 3 fully saturated rings. The first kappa shape index (κ1) is 37.4. The number of ketones is 1. The molecule has 7 heteroatoms. The molecular formula is C37H66O7. The van der Waals surface area contributed by atoms with E-state index in [1.54, 1.807) is 0 Å². The summed E-state index contributed by atoms with van der Waals surface area (Å²) in [7, 11) is 0. The largest absolute Gasteiger partial charge is 0.462 e. The molecule has 0 aromatic heterocycles.